The van der Waals surface area contributed by atoms with Crippen LogP contribution in [0, 0.1) is 23.2 Å². The van der Waals surface area contributed by atoms with E-state index in [0.29, 0.717) is 50.5 Å². The number of nitriles is 1. The third-order valence-corrected chi connectivity index (χ3v) is 5.84. The zero-order valence-corrected chi connectivity index (χ0v) is 20.8. The van der Waals surface area contributed by atoms with Gasteiger partial charge in [-0.2, -0.15) is 5.26 Å². The second kappa shape index (κ2) is 11.7. The molecule has 2 aliphatic heterocycles. The minimum atomic E-state index is -0.758. The minimum Gasteiger partial charge on any atom is -0.491 e. The lowest BCUT2D eigenvalue weighted by molar-refractivity contribution is -0.214. The fraction of sp³-hybridized carbons (Fsp3) is 0.640. The molecule has 3 unspecified atom stereocenters. The van der Waals surface area contributed by atoms with Crippen LogP contribution in [0.25, 0.3) is 0 Å². The zero-order chi connectivity index (χ0) is 25.6. The standard InChI is InChI=1S/C25H35N3O7/c1-5-22(30)33-23-18-11-27(15-20(29)16-32-21-8-6-17(10-26)7-9-21)12-19(23)14-28(13-18)35-24(31)34-25(2,3)4/h6-9,18-20,23,29H,5,11-16H2,1-4H3. The predicted octanol–water partition coefficient (Wildman–Crippen LogP) is 2.35. The van der Waals surface area contributed by atoms with Crippen molar-refractivity contribution in [1.29, 1.82) is 5.26 Å². The Morgan fingerprint density at radius 1 is 1.14 bits per heavy atom. The van der Waals surface area contributed by atoms with E-state index in [1.54, 1.807) is 57.0 Å². The van der Waals surface area contributed by atoms with Gasteiger partial charge in [0.2, 0.25) is 0 Å². The van der Waals surface area contributed by atoms with Crippen LogP contribution in [-0.4, -0.2) is 84.3 Å². The molecule has 192 valence electrons. The monoisotopic (exact) mass is 489 g/mol. The van der Waals surface area contributed by atoms with E-state index in [4.69, 9.17) is 24.3 Å². The van der Waals surface area contributed by atoms with Crippen molar-refractivity contribution in [2.75, 3.05) is 39.3 Å². The van der Waals surface area contributed by atoms with Crippen molar-refractivity contribution in [3.63, 3.8) is 0 Å². The maximum Gasteiger partial charge on any atom is 0.528 e. The van der Waals surface area contributed by atoms with Gasteiger partial charge >= 0.3 is 12.1 Å². The average Bonchev–Trinajstić information content (AvgIpc) is 2.77. The number of piperidine rings is 2. The van der Waals surface area contributed by atoms with Crippen molar-refractivity contribution in [2.45, 2.75) is 51.9 Å². The number of aliphatic hydroxyl groups is 1. The fourth-order valence-electron chi connectivity index (χ4n) is 4.45. The van der Waals surface area contributed by atoms with Gasteiger partial charge in [0.25, 0.3) is 0 Å². The van der Waals surface area contributed by atoms with Crippen LogP contribution in [0.2, 0.25) is 0 Å². The number of fused-ring (bicyclic) bond motifs is 2. The molecule has 2 saturated heterocycles. The van der Waals surface area contributed by atoms with E-state index >= 15 is 0 Å². The molecule has 2 aliphatic rings. The lowest BCUT2D eigenvalue weighted by Gasteiger charge is -2.49. The molecule has 0 radical (unpaired) electrons. The number of benzene rings is 1. The summed E-state index contributed by atoms with van der Waals surface area (Å²) in [7, 11) is 0. The van der Waals surface area contributed by atoms with Gasteiger partial charge < -0.3 is 24.2 Å². The van der Waals surface area contributed by atoms with Crippen LogP contribution >= 0.6 is 0 Å². The number of ether oxygens (including phenoxy) is 3. The Morgan fingerprint density at radius 2 is 1.77 bits per heavy atom. The average molecular weight is 490 g/mol. The molecular formula is C25H35N3O7. The number of esters is 1. The van der Waals surface area contributed by atoms with Crippen LogP contribution in [0.5, 0.6) is 5.75 Å². The van der Waals surface area contributed by atoms with Gasteiger partial charge in [-0.05, 0) is 45.0 Å². The molecule has 2 bridgehead atoms. The quantitative estimate of drug-likeness (QED) is 0.545. The van der Waals surface area contributed by atoms with Gasteiger partial charge in [0, 0.05) is 51.0 Å². The molecule has 10 heteroatoms. The molecule has 3 rings (SSSR count). The Morgan fingerprint density at radius 3 is 2.31 bits per heavy atom. The minimum absolute atomic E-state index is 0.0907. The number of hydrogen-bond acceptors (Lipinski definition) is 10. The van der Waals surface area contributed by atoms with Crippen LogP contribution in [0.15, 0.2) is 24.3 Å². The fourth-order valence-corrected chi connectivity index (χ4v) is 4.45. The molecular weight excluding hydrogens is 454 g/mol. The van der Waals surface area contributed by atoms with Crippen molar-refractivity contribution >= 4 is 12.1 Å². The largest absolute Gasteiger partial charge is 0.528 e. The van der Waals surface area contributed by atoms with Gasteiger partial charge in [-0.25, -0.2) is 4.79 Å². The van der Waals surface area contributed by atoms with Crippen LogP contribution < -0.4 is 4.74 Å². The summed E-state index contributed by atoms with van der Waals surface area (Å²) in [5.74, 6) is 0.148. The highest BCUT2D eigenvalue weighted by molar-refractivity contribution is 5.69. The summed E-state index contributed by atoms with van der Waals surface area (Å²) in [5, 5.41) is 21.0. The topological polar surface area (TPSA) is 122 Å². The first-order chi connectivity index (χ1) is 16.6. The predicted molar refractivity (Wildman–Crippen MR) is 125 cm³/mol. The second-order valence-electron chi connectivity index (χ2n) is 10.1. The third kappa shape index (κ3) is 8.09. The van der Waals surface area contributed by atoms with Crippen molar-refractivity contribution < 1.29 is 33.7 Å². The lowest BCUT2D eigenvalue weighted by atomic mass is 9.82. The van der Waals surface area contributed by atoms with E-state index < -0.39 is 17.9 Å². The number of rotatable bonds is 8. The van der Waals surface area contributed by atoms with E-state index in [0.717, 1.165) is 0 Å². The number of carbonyl (C=O) groups excluding carboxylic acids is 2. The Labute approximate surface area is 206 Å². The summed E-state index contributed by atoms with van der Waals surface area (Å²) in [6.45, 7) is 9.51. The molecule has 0 aromatic heterocycles. The number of β-amino-alcohol motifs (C(OH)–C–C–N with tert-alkyl or cyclic N) is 1. The van der Waals surface area contributed by atoms with E-state index in [1.165, 1.54) is 0 Å². The molecule has 0 saturated carbocycles. The highest BCUT2D eigenvalue weighted by Gasteiger charge is 2.46. The van der Waals surface area contributed by atoms with Crippen molar-refractivity contribution in [1.82, 2.24) is 9.96 Å². The maximum absolute atomic E-state index is 12.1. The van der Waals surface area contributed by atoms with Gasteiger partial charge in [0.1, 0.15) is 30.2 Å². The Bertz CT molecular complexity index is 893. The van der Waals surface area contributed by atoms with Gasteiger partial charge in [0.15, 0.2) is 0 Å². The first-order valence-corrected chi connectivity index (χ1v) is 11.9. The molecule has 3 atom stereocenters. The van der Waals surface area contributed by atoms with Gasteiger partial charge in [0.05, 0.1) is 11.6 Å². The number of nitrogens with zero attached hydrogens (tertiary/aromatic N) is 3. The normalized spacial score (nSPS) is 23.6. The summed E-state index contributed by atoms with van der Waals surface area (Å²) in [6.07, 6.45) is -1.46. The maximum atomic E-state index is 12.1. The number of carbonyl (C=O) groups is 2. The summed E-state index contributed by atoms with van der Waals surface area (Å²) in [6, 6.07) is 8.77. The smallest absolute Gasteiger partial charge is 0.491 e. The van der Waals surface area contributed by atoms with Gasteiger partial charge in [-0.3, -0.25) is 9.69 Å². The van der Waals surface area contributed by atoms with Crippen LogP contribution in [0.3, 0.4) is 0 Å². The molecule has 1 N–H and O–H groups in total. The van der Waals surface area contributed by atoms with Crippen LogP contribution in [0.1, 0.15) is 39.7 Å². The third-order valence-electron chi connectivity index (χ3n) is 5.84. The van der Waals surface area contributed by atoms with E-state index in [9.17, 15) is 14.7 Å². The molecule has 1 aromatic rings. The Balaban J connectivity index is 1.56. The second-order valence-corrected chi connectivity index (χ2v) is 10.1. The van der Waals surface area contributed by atoms with Crippen molar-refractivity contribution in [3.8, 4) is 11.8 Å². The zero-order valence-electron chi connectivity index (χ0n) is 20.8. The van der Waals surface area contributed by atoms with Gasteiger partial charge in [-0.15, -0.1) is 5.06 Å². The summed E-state index contributed by atoms with van der Waals surface area (Å²) in [4.78, 5) is 31.7. The highest BCUT2D eigenvalue weighted by atomic mass is 16.8. The molecule has 2 heterocycles. The Kier molecular flexibility index (Phi) is 8.94. The molecule has 2 fully saturated rings. The molecule has 0 amide bonds. The first-order valence-electron chi connectivity index (χ1n) is 11.9. The Hall–Kier alpha value is -2.87. The van der Waals surface area contributed by atoms with E-state index in [2.05, 4.69) is 11.0 Å². The van der Waals surface area contributed by atoms with E-state index in [1.807, 2.05) is 0 Å². The van der Waals surface area contributed by atoms with Gasteiger partial charge in [-0.1, -0.05) is 6.92 Å². The lowest BCUT2D eigenvalue weighted by Crippen LogP contribution is -2.62. The summed E-state index contributed by atoms with van der Waals surface area (Å²) < 4.78 is 16.7. The van der Waals surface area contributed by atoms with Crippen molar-refractivity contribution in [2.24, 2.45) is 11.8 Å². The summed E-state index contributed by atoms with van der Waals surface area (Å²) in [5.41, 5.74) is -0.116. The number of hydroxylamine groups is 2. The summed E-state index contributed by atoms with van der Waals surface area (Å²) >= 11 is 0. The van der Waals surface area contributed by atoms with Crippen molar-refractivity contribution in [3.05, 3.63) is 29.8 Å². The number of aliphatic hydroxyl groups excluding tert-OH is 1. The van der Waals surface area contributed by atoms with Crippen LogP contribution in [-0.2, 0) is 19.1 Å². The highest BCUT2D eigenvalue weighted by Crippen LogP contribution is 2.32. The van der Waals surface area contributed by atoms with Crippen LogP contribution in [0.4, 0.5) is 4.79 Å². The number of likely N-dealkylation sites (tertiary alicyclic amines) is 1. The molecule has 35 heavy (non-hydrogen) atoms. The number of hydrogen-bond donors (Lipinski definition) is 1. The first kappa shape index (κ1) is 26.7. The molecule has 1 aromatic carbocycles. The van der Waals surface area contributed by atoms with E-state index in [-0.39, 0.29) is 30.5 Å². The molecule has 10 nitrogen and oxygen atoms in total. The molecule has 0 spiro atoms. The SMILES string of the molecule is CCC(=O)OC1C2CN(CC(O)COc3ccc(C#N)cc3)CC1CN(OC(=O)OC(C)(C)C)C2. The molecule has 0 aliphatic carbocycles.